The van der Waals surface area contributed by atoms with Gasteiger partial charge in [0, 0.05) is 22.5 Å². The van der Waals surface area contributed by atoms with Crippen LogP contribution in [0.15, 0.2) is 48.8 Å². The first kappa shape index (κ1) is 13.5. The van der Waals surface area contributed by atoms with Gasteiger partial charge in [0.1, 0.15) is 0 Å². The molecule has 1 aromatic heterocycles. The van der Waals surface area contributed by atoms with E-state index in [-0.39, 0.29) is 11.9 Å². The van der Waals surface area contributed by atoms with Crippen molar-refractivity contribution >= 4 is 28.5 Å². The van der Waals surface area contributed by atoms with Gasteiger partial charge in [0.2, 0.25) is 0 Å². The van der Waals surface area contributed by atoms with Crippen molar-refractivity contribution in [2.24, 2.45) is 0 Å². The highest BCUT2D eigenvalue weighted by molar-refractivity contribution is 14.1. The smallest absolute Gasteiger partial charge is 0.255 e. The molecule has 102 valence electrons. The van der Waals surface area contributed by atoms with Gasteiger partial charge < -0.3 is 4.90 Å². The van der Waals surface area contributed by atoms with E-state index in [2.05, 4.69) is 33.6 Å². The zero-order chi connectivity index (χ0) is 13.9. The zero-order valence-corrected chi connectivity index (χ0v) is 13.2. The maximum absolute atomic E-state index is 12.8. The van der Waals surface area contributed by atoms with Crippen molar-refractivity contribution in [1.82, 2.24) is 9.88 Å². The molecule has 3 rings (SSSR count). The lowest BCUT2D eigenvalue weighted by Crippen LogP contribution is -2.31. The van der Waals surface area contributed by atoms with E-state index >= 15 is 0 Å². The number of benzene rings is 1. The number of pyridine rings is 1. The maximum Gasteiger partial charge on any atom is 0.255 e. The van der Waals surface area contributed by atoms with Crippen LogP contribution in [0.1, 0.15) is 34.8 Å². The van der Waals surface area contributed by atoms with E-state index in [1.807, 2.05) is 41.4 Å². The molecule has 1 unspecified atom stereocenters. The predicted octanol–water partition coefficient (Wildman–Crippen LogP) is 3.66. The van der Waals surface area contributed by atoms with E-state index in [0.717, 1.165) is 34.1 Å². The molecule has 0 bridgehead atoms. The van der Waals surface area contributed by atoms with Crippen LogP contribution in [0.2, 0.25) is 0 Å². The monoisotopic (exact) mass is 378 g/mol. The lowest BCUT2D eigenvalue weighted by atomic mass is 10.1. The van der Waals surface area contributed by atoms with Crippen LogP contribution in [0.4, 0.5) is 0 Å². The number of rotatable bonds is 2. The summed E-state index contributed by atoms with van der Waals surface area (Å²) in [5.74, 6) is 0.126. The third-order valence-corrected chi connectivity index (χ3v) is 4.63. The van der Waals surface area contributed by atoms with Crippen molar-refractivity contribution in [2.45, 2.75) is 18.9 Å². The number of likely N-dealkylation sites (tertiary alicyclic amines) is 1. The largest absolute Gasteiger partial charge is 0.332 e. The van der Waals surface area contributed by atoms with Gasteiger partial charge in [-0.2, -0.15) is 0 Å². The third kappa shape index (κ3) is 2.57. The third-order valence-electron chi connectivity index (χ3n) is 3.69. The molecule has 3 nitrogen and oxygen atoms in total. The van der Waals surface area contributed by atoms with Crippen molar-refractivity contribution in [3.05, 3.63) is 63.5 Å². The zero-order valence-electron chi connectivity index (χ0n) is 11.0. The number of hydrogen-bond donors (Lipinski definition) is 0. The summed E-state index contributed by atoms with van der Waals surface area (Å²) >= 11 is 2.22. The van der Waals surface area contributed by atoms with Crippen LogP contribution in [0.5, 0.6) is 0 Å². The van der Waals surface area contributed by atoms with Crippen LogP contribution >= 0.6 is 22.6 Å². The lowest BCUT2D eigenvalue weighted by Gasteiger charge is -2.25. The van der Waals surface area contributed by atoms with Gasteiger partial charge in [-0.1, -0.05) is 18.2 Å². The van der Waals surface area contributed by atoms with Crippen LogP contribution < -0.4 is 0 Å². The molecule has 0 aliphatic carbocycles. The molecule has 1 fully saturated rings. The summed E-state index contributed by atoms with van der Waals surface area (Å²) in [7, 11) is 0. The summed E-state index contributed by atoms with van der Waals surface area (Å²) in [6.07, 6.45) is 5.70. The molecule has 0 radical (unpaired) electrons. The van der Waals surface area contributed by atoms with Gasteiger partial charge in [-0.05, 0) is 59.2 Å². The first-order chi connectivity index (χ1) is 9.77. The Labute approximate surface area is 132 Å². The normalized spacial score (nSPS) is 18.2. The molecule has 2 aromatic rings. The van der Waals surface area contributed by atoms with Crippen molar-refractivity contribution in [1.29, 1.82) is 0 Å². The number of hydrogen-bond acceptors (Lipinski definition) is 2. The van der Waals surface area contributed by atoms with Crippen molar-refractivity contribution in [3.63, 3.8) is 0 Å². The molecule has 1 aliphatic rings. The summed E-state index contributed by atoms with van der Waals surface area (Å²) in [6, 6.07) is 11.9. The van der Waals surface area contributed by atoms with Gasteiger partial charge in [0.25, 0.3) is 5.91 Å². The Bertz CT molecular complexity index is 615. The topological polar surface area (TPSA) is 33.2 Å². The van der Waals surface area contributed by atoms with Gasteiger partial charge in [0.05, 0.1) is 11.6 Å². The minimum Gasteiger partial charge on any atom is -0.332 e. The second kappa shape index (κ2) is 5.91. The van der Waals surface area contributed by atoms with E-state index in [1.54, 1.807) is 6.20 Å². The van der Waals surface area contributed by atoms with Gasteiger partial charge in [-0.3, -0.25) is 9.78 Å². The number of nitrogens with zero attached hydrogens (tertiary/aromatic N) is 2. The molecular formula is C16H15IN2O. The molecule has 1 aliphatic heterocycles. The Hall–Kier alpha value is -1.43. The van der Waals surface area contributed by atoms with Crippen molar-refractivity contribution < 1.29 is 4.79 Å². The van der Waals surface area contributed by atoms with Crippen LogP contribution in [0, 0.1) is 3.57 Å². The molecule has 0 spiro atoms. The highest BCUT2D eigenvalue weighted by Gasteiger charge is 2.31. The summed E-state index contributed by atoms with van der Waals surface area (Å²) in [4.78, 5) is 18.9. The molecule has 20 heavy (non-hydrogen) atoms. The Morgan fingerprint density at radius 1 is 1.25 bits per heavy atom. The molecule has 1 saturated heterocycles. The maximum atomic E-state index is 12.8. The summed E-state index contributed by atoms with van der Waals surface area (Å²) in [5, 5.41) is 0. The number of carbonyl (C=O) groups excluding carboxylic acids is 1. The Balaban J connectivity index is 1.90. The SMILES string of the molecule is O=C(c1ccccc1I)N1CCCC1c1cccnc1. The summed E-state index contributed by atoms with van der Waals surface area (Å²) < 4.78 is 1.01. The minimum absolute atomic E-state index is 0.126. The van der Waals surface area contributed by atoms with E-state index in [9.17, 15) is 4.79 Å². The van der Waals surface area contributed by atoms with Crippen molar-refractivity contribution in [2.75, 3.05) is 6.54 Å². The fraction of sp³-hybridized carbons (Fsp3) is 0.250. The van der Waals surface area contributed by atoms with Crippen LogP contribution in [0.25, 0.3) is 0 Å². The van der Waals surface area contributed by atoms with Crippen LogP contribution in [-0.4, -0.2) is 22.3 Å². The number of aromatic nitrogens is 1. The number of amides is 1. The molecule has 1 amide bonds. The van der Waals surface area contributed by atoms with Crippen LogP contribution in [-0.2, 0) is 0 Å². The molecule has 2 heterocycles. The molecule has 4 heteroatoms. The molecule has 0 saturated carbocycles. The van der Waals surface area contributed by atoms with Crippen LogP contribution in [0.3, 0.4) is 0 Å². The Morgan fingerprint density at radius 2 is 2.10 bits per heavy atom. The van der Waals surface area contributed by atoms with Gasteiger partial charge in [-0.15, -0.1) is 0 Å². The molecule has 0 N–H and O–H groups in total. The average Bonchev–Trinajstić information content (AvgIpc) is 2.97. The van der Waals surface area contributed by atoms with E-state index in [4.69, 9.17) is 0 Å². The highest BCUT2D eigenvalue weighted by Crippen LogP contribution is 2.33. The Kier molecular flexibility index (Phi) is 4.00. The second-order valence-corrected chi connectivity index (χ2v) is 6.08. The quantitative estimate of drug-likeness (QED) is 0.748. The van der Waals surface area contributed by atoms with E-state index in [0.29, 0.717) is 0 Å². The summed E-state index contributed by atoms with van der Waals surface area (Å²) in [6.45, 7) is 0.823. The second-order valence-electron chi connectivity index (χ2n) is 4.92. The fourth-order valence-electron chi connectivity index (χ4n) is 2.72. The lowest BCUT2D eigenvalue weighted by molar-refractivity contribution is 0.0734. The molecular weight excluding hydrogens is 363 g/mol. The molecule has 1 aromatic carbocycles. The van der Waals surface area contributed by atoms with Gasteiger partial charge in [-0.25, -0.2) is 0 Å². The Morgan fingerprint density at radius 3 is 2.85 bits per heavy atom. The number of carbonyl (C=O) groups is 1. The minimum atomic E-state index is 0.126. The predicted molar refractivity (Wildman–Crippen MR) is 86.4 cm³/mol. The average molecular weight is 378 g/mol. The first-order valence-electron chi connectivity index (χ1n) is 6.73. The fourth-order valence-corrected chi connectivity index (χ4v) is 3.34. The molecule has 1 atom stereocenters. The first-order valence-corrected chi connectivity index (χ1v) is 7.80. The highest BCUT2D eigenvalue weighted by atomic mass is 127. The van der Waals surface area contributed by atoms with Crippen molar-refractivity contribution in [3.8, 4) is 0 Å². The van der Waals surface area contributed by atoms with E-state index < -0.39 is 0 Å². The van der Waals surface area contributed by atoms with Gasteiger partial charge in [0.15, 0.2) is 0 Å². The standard InChI is InChI=1S/C16H15IN2O/c17-14-7-2-1-6-13(14)16(20)19-10-4-8-15(19)12-5-3-9-18-11-12/h1-3,5-7,9,11,15H,4,8,10H2. The summed E-state index contributed by atoms with van der Waals surface area (Å²) in [5.41, 5.74) is 1.92. The number of halogens is 1. The van der Waals surface area contributed by atoms with E-state index in [1.165, 1.54) is 0 Å². The van der Waals surface area contributed by atoms with Gasteiger partial charge >= 0.3 is 0 Å².